The van der Waals surface area contributed by atoms with Gasteiger partial charge in [0.15, 0.2) is 0 Å². The van der Waals surface area contributed by atoms with Crippen molar-refractivity contribution in [1.29, 1.82) is 0 Å². The Bertz CT molecular complexity index is 243. The Kier molecular flexibility index (Phi) is 11.3. The Balaban J connectivity index is 0. The molecule has 0 atom stereocenters. The van der Waals surface area contributed by atoms with Crippen LogP contribution >= 0.6 is 12.4 Å². The van der Waals surface area contributed by atoms with E-state index >= 15 is 0 Å². The van der Waals surface area contributed by atoms with Crippen LogP contribution in [0.2, 0.25) is 0 Å². The molecule has 0 rings (SSSR count). The highest BCUT2D eigenvalue weighted by atomic mass is 35.5. The summed E-state index contributed by atoms with van der Waals surface area (Å²) in [7, 11) is 0. The fourth-order valence-corrected chi connectivity index (χ4v) is 1.80. The highest BCUT2D eigenvalue weighted by Gasteiger charge is 2.26. The molecule has 0 amide bonds. The number of carbonyl (C=O) groups is 1. The van der Waals surface area contributed by atoms with Gasteiger partial charge in [0, 0.05) is 5.57 Å². The lowest BCUT2D eigenvalue weighted by Crippen LogP contribution is -2.66. The molecule has 0 aromatic carbocycles. The first-order valence-electron chi connectivity index (χ1n) is 6.17. The predicted octanol–water partition coefficient (Wildman–Crippen LogP) is 1.31. The van der Waals surface area contributed by atoms with E-state index in [9.17, 15) is 4.79 Å². The normalized spacial score (nSPS) is 10.8. The molecular formula is C12H26ClN3O2. The zero-order chi connectivity index (χ0) is 13.3. The van der Waals surface area contributed by atoms with Crippen LogP contribution in [0.15, 0.2) is 12.2 Å². The van der Waals surface area contributed by atoms with E-state index in [4.69, 9.17) is 5.11 Å². The van der Waals surface area contributed by atoms with Crippen LogP contribution in [-0.4, -0.2) is 36.5 Å². The Labute approximate surface area is 116 Å². The van der Waals surface area contributed by atoms with Crippen molar-refractivity contribution in [2.45, 2.75) is 39.4 Å². The maximum atomic E-state index is 10.7. The molecule has 6 heteroatoms. The lowest BCUT2D eigenvalue weighted by molar-refractivity contribution is -0.132. The molecule has 5 nitrogen and oxygen atoms in total. The summed E-state index contributed by atoms with van der Waals surface area (Å²) >= 11 is 0. The van der Waals surface area contributed by atoms with Gasteiger partial charge in [-0.1, -0.05) is 27.4 Å². The van der Waals surface area contributed by atoms with Gasteiger partial charge in [0.2, 0.25) is 0 Å². The Morgan fingerprint density at radius 1 is 1.11 bits per heavy atom. The van der Waals surface area contributed by atoms with Crippen LogP contribution in [0.4, 0.5) is 0 Å². The SMILES string of the molecule is C=C(CCC(NCC)(NCC)NCC)C(=O)O.Cl. The van der Waals surface area contributed by atoms with E-state index < -0.39 is 11.8 Å². The first-order chi connectivity index (χ1) is 8.01. The lowest BCUT2D eigenvalue weighted by atomic mass is 10.1. The summed E-state index contributed by atoms with van der Waals surface area (Å²) in [6.45, 7) is 12.0. The fraction of sp³-hybridized carbons (Fsp3) is 0.750. The number of halogens is 1. The molecule has 0 aliphatic rings. The number of carboxylic acid groups (broad SMARTS) is 1. The number of aliphatic carboxylic acids is 1. The Morgan fingerprint density at radius 3 is 1.78 bits per heavy atom. The molecule has 0 aromatic heterocycles. The molecular weight excluding hydrogens is 254 g/mol. The van der Waals surface area contributed by atoms with Crippen LogP contribution in [0, 0.1) is 0 Å². The molecule has 0 saturated carbocycles. The van der Waals surface area contributed by atoms with Gasteiger partial charge in [0.05, 0.1) is 0 Å². The van der Waals surface area contributed by atoms with Crippen molar-refractivity contribution in [3.8, 4) is 0 Å². The van der Waals surface area contributed by atoms with Crippen molar-refractivity contribution in [3.63, 3.8) is 0 Å². The van der Waals surface area contributed by atoms with Gasteiger partial charge < -0.3 is 5.11 Å². The molecule has 18 heavy (non-hydrogen) atoms. The largest absolute Gasteiger partial charge is 0.478 e. The van der Waals surface area contributed by atoms with Crippen LogP contribution in [0.5, 0.6) is 0 Å². The first kappa shape index (κ1) is 19.7. The third-order valence-electron chi connectivity index (χ3n) is 2.54. The van der Waals surface area contributed by atoms with Gasteiger partial charge in [0.25, 0.3) is 0 Å². The van der Waals surface area contributed by atoms with Gasteiger partial charge >= 0.3 is 5.97 Å². The second-order valence-corrected chi connectivity index (χ2v) is 3.91. The molecule has 4 N–H and O–H groups in total. The van der Waals surface area contributed by atoms with Crippen LogP contribution in [0.3, 0.4) is 0 Å². The van der Waals surface area contributed by atoms with Crippen molar-refractivity contribution in [3.05, 3.63) is 12.2 Å². The smallest absolute Gasteiger partial charge is 0.330 e. The molecule has 0 spiro atoms. The van der Waals surface area contributed by atoms with E-state index in [-0.39, 0.29) is 18.0 Å². The zero-order valence-corrected chi connectivity index (χ0v) is 12.3. The van der Waals surface area contributed by atoms with Gasteiger partial charge in [-0.3, -0.25) is 16.0 Å². The monoisotopic (exact) mass is 279 g/mol. The molecule has 0 aliphatic carbocycles. The number of carboxylic acids is 1. The minimum Gasteiger partial charge on any atom is -0.478 e. The van der Waals surface area contributed by atoms with Crippen LogP contribution in [0.1, 0.15) is 33.6 Å². The molecule has 0 aliphatic heterocycles. The topological polar surface area (TPSA) is 73.4 Å². The fourth-order valence-electron chi connectivity index (χ4n) is 1.80. The van der Waals surface area contributed by atoms with Gasteiger partial charge in [-0.25, -0.2) is 4.79 Å². The second-order valence-electron chi connectivity index (χ2n) is 3.91. The van der Waals surface area contributed by atoms with E-state index in [1.165, 1.54) is 0 Å². The average molecular weight is 280 g/mol. The zero-order valence-electron chi connectivity index (χ0n) is 11.5. The maximum Gasteiger partial charge on any atom is 0.330 e. The Morgan fingerprint density at radius 2 is 1.50 bits per heavy atom. The van der Waals surface area contributed by atoms with Crippen molar-refractivity contribution >= 4 is 18.4 Å². The molecule has 0 bridgehead atoms. The number of hydrogen-bond donors (Lipinski definition) is 4. The van der Waals surface area contributed by atoms with Crippen LogP contribution in [-0.2, 0) is 4.79 Å². The molecule has 0 unspecified atom stereocenters. The summed E-state index contributed by atoms with van der Waals surface area (Å²) in [6, 6.07) is 0. The van der Waals surface area contributed by atoms with Gasteiger partial charge in [0.1, 0.15) is 5.79 Å². The summed E-state index contributed by atoms with van der Waals surface area (Å²) in [5.74, 6) is -1.33. The van der Waals surface area contributed by atoms with Crippen LogP contribution < -0.4 is 16.0 Å². The molecule has 0 radical (unpaired) electrons. The minimum absolute atomic E-state index is 0. The third-order valence-corrected chi connectivity index (χ3v) is 2.54. The third kappa shape index (κ3) is 6.96. The van der Waals surface area contributed by atoms with Gasteiger partial charge in [-0.2, -0.15) is 0 Å². The standard InChI is InChI=1S/C12H25N3O2.ClH/c1-5-13-12(14-6-2,15-7-3)9-8-10(4)11(16)17;/h13-15H,4-9H2,1-3H3,(H,16,17);1H. The average Bonchev–Trinajstić information content (AvgIpc) is 2.27. The maximum absolute atomic E-state index is 10.7. The number of rotatable bonds is 10. The first-order valence-corrected chi connectivity index (χ1v) is 6.17. The summed E-state index contributed by atoms with van der Waals surface area (Å²) in [6.07, 6.45) is 1.09. The molecule has 0 aromatic rings. The van der Waals surface area contributed by atoms with Crippen molar-refractivity contribution in [2.24, 2.45) is 0 Å². The lowest BCUT2D eigenvalue weighted by Gasteiger charge is -2.36. The molecule has 0 heterocycles. The van der Waals surface area contributed by atoms with E-state index in [0.29, 0.717) is 12.8 Å². The van der Waals surface area contributed by atoms with E-state index in [2.05, 4.69) is 22.5 Å². The van der Waals surface area contributed by atoms with E-state index in [1.807, 2.05) is 20.8 Å². The summed E-state index contributed by atoms with van der Waals surface area (Å²) in [5.41, 5.74) is 0.239. The highest BCUT2D eigenvalue weighted by Crippen LogP contribution is 2.11. The summed E-state index contributed by atoms with van der Waals surface area (Å²) < 4.78 is 0. The quantitative estimate of drug-likeness (QED) is 0.358. The minimum atomic E-state index is -0.927. The van der Waals surface area contributed by atoms with Crippen molar-refractivity contribution < 1.29 is 9.90 Å². The number of hydrogen-bond acceptors (Lipinski definition) is 4. The summed E-state index contributed by atoms with van der Waals surface area (Å²) in [4.78, 5) is 10.7. The van der Waals surface area contributed by atoms with Gasteiger partial charge in [-0.05, 0) is 32.5 Å². The summed E-state index contributed by atoms with van der Waals surface area (Å²) in [5, 5.41) is 18.8. The van der Waals surface area contributed by atoms with Crippen molar-refractivity contribution in [2.75, 3.05) is 19.6 Å². The van der Waals surface area contributed by atoms with E-state index in [0.717, 1.165) is 19.6 Å². The Hall–Kier alpha value is -0.620. The van der Waals surface area contributed by atoms with Gasteiger partial charge in [-0.15, -0.1) is 12.4 Å². The van der Waals surface area contributed by atoms with Crippen molar-refractivity contribution in [1.82, 2.24) is 16.0 Å². The van der Waals surface area contributed by atoms with Crippen LogP contribution in [0.25, 0.3) is 0 Å². The molecule has 0 saturated heterocycles. The van der Waals surface area contributed by atoms with E-state index in [1.54, 1.807) is 0 Å². The molecule has 108 valence electrons. The second kappa shape index (κ2) is 10.3. The predicted molar refractivity (Wildman–Crippen MR) is 77.0 cm³/mol. The molecule has 0 fully saturated rings. The number of nitrogens with one attached hydrogen (secondary N) is 3. The highest BCUT2D eigenvalue weighted by molar-refractivity contribution is 5.85.